The Morgan fingerprint density at radius 1 is 0.422 bits per heavy atom. The van der Waals surface area contributed by atoms with Crippen LogP contribution in [0.1, 0.15) is 52.7 Å². The van der Waals surface area contributed by atoms with Crippen LogP contribution in [0.5, 0.6) is 5.75 Å². The fourth-order valence-electron chi connectivity index (χ4n) is 8.79. The molecule has 0 aliphatic carbocycles. The van der Waals surface area contributed by atoms with Gasteiger partial charge in [-0.25, -0.2) is 4.98 Å². The van der Waals surface area contributed by atoms with Gasteiger partial charge in [0.1, 0.15) is 5.75 Å². The van der Waals surface area contributed by atoms with Gasteiger partial charge in [-0.1, -0.05) is 139 Å². The first-order chi connectivity index (χ1) is 30.9. The van der Waals surface area contributed by atoms with Crippen molar-refractivity contribution in [3.05, 3.63) is 200 Å². The predicted molar refractivity (Wildman–Crippen MR) is 266 cm³/mol. The number of phenols is 1. The molecule has 0 amide bonds. The van der Waals surface area contributed by atoms with E-state index < -0.39 is 0 Å². The molecule has 4 aromatic heterocycles. The maximum Gasteiger partial charge on any atom is 0.124 e. The standard InChI is InChI=1S/C59H50N4O/c1-58(2,3)45-32-43(33-46(37-45)59(4,5)6)44-35-53(62-54(36-44)51-16-8-10-20-56(51)64)42-14-11-13-41(31-42)52-34-40(27-30-61-52)48-17-12-18-50-49-15-7-9-19-55(49)63(57(48)50)47-23-21-38(22-24-47)39-25-28-60-29-26-39/h7-37,64H,1-6H3. The van der Waals surface area contributed by atoms with Crippen LogP contribution < -0.4 is 0 Å². The molecule has 10 aromatic rings. The summed E-state index contributed by atoms with van der Waals surface area (Å²) in [4.78, 5) is 14.4. The summed E-state index contributed by atoms with van der Waals surface area (Å²) < 4.78 is 2.39. The van der Waals surface area contributed by atoms with Crippen LogP contribution in [0.3, 0.4) is 0 Å². The summed E-state index contributed by atoms with van der Waals surface area (Å²) in [6, 6.07) is 59.6. The van der Waals surface area contributed by atoms with Gasteiger partial charge in [-0.2, -0.15) is 0 Å². The van der Waals surface area contributed by atoms with Gasteiger partial charge in [-0.15, -0.1) is 0 Å². The Balaban J connectivity index is 1.09. The molecule has 0 atom stereocenters. The molecule has 64 heavy (non-hydrogen) atoms. The molecular formula is C59H50N4O. The minimum Gasteiger partial charge on any atom is -0.507 e. The smallest absolute Gasteiger partial charge is 0.124 e. The lowest BCUT2D eigenvalue weighted by Gasteiger charge is -2.26. The van der Waals surface area contributed by atoms with Crippen molar-refractivity contribution in [3.63, 3.8) is 0 Å². The minimum absolute atomic E-state index is 0.0449. The van der Waals surface area contributed by atoms with Gasteiger partial charge in [0.2, 0.25) is 0 Å². The van der Waals surface area contributed by atoms with E-state index in [0.29, 0.717) is 11.3 Å². The number of fused-ring (bicyclic) bond motifs is 3. The maximum absolute atomic E-state index is 11.1. The quantitative estimate of drug-likeness (QED) is 0.174. The molecule has 0 aliphatic rings. The zero-order valence-corrected chi connectivity index (χ0v) is 37.1. The van der Waals surface area contributed by atoms with Crippen LogP contribution in [0.2, 0.25) is 0 Å². The molecular weight excluding hydrogens is 781 g/mol. The van der Waals surface area contributed by atoms with Gasteiger partial charge >= 0.3 is 0 Å². The van der Waals surface area contributed by atoms with Crippen molar-refractivity contribution in [2.45, 2.75) is 52.4 Å². The van der Waals surface area contributed by atoms with E-state index in [0.717, 1.165) is 72.6 Å². The highest BCUT2D eigenvalue weighted by Crippen LogP contribution is 2.41. The fourth-order valence-corrected chi connectivity index (χ4v) is 8.79. The van der Waals surface area contributed by atoms with Crippen molar-refractivity contribution < 1.29 is 5.11 Å². The number of aromatic nitrogens is 4. The summed E-state index contributed by atoms with van der Waals surface area (Å²) in [5.74, 6) is 0.197. The molecule has 0 fully saturated rings. The fraction of sp³-hybridized carbons (Fsp3) is 0.136. The second-order valence-electron chi connectivity index (χ2n) is 18.8. The lowest BCUT2D eigenvalue weighted by molar-refractivity contribution is 0.477. The third-order valence-electron chi connectivity index (χ3n) is 12.4. The highest BCUT2D eigenvalue weighted by atomic mass is 16.3. The van der Waals surface area contributed by atoms with E-state index in [-0.39, 0.29) is 16.6 Å². The summed E-state index contributed by atoms with van der Waals surface area (Å²) in [5, 5.41) is 13.5. The molecule has 312 valence electrons. The lowest BCUT2D eigenvalue weighted by atomic mass is 9.79. The van der Waals surface area contributed by atoms with Crippen molar-refractivity contribution in [1.29, 1.82) is 0 Å². The number of para-hydroxylation sites is 3. The molecule has 0 radical (unpaired) electrons. The molecule has 5 heteroatoms. The second-order valence-corrected chi connectivity index (χ2v) is 18.8. The summed E-state index contributed by atoms with van der Waals surface area (Å²) in [6.45, 7) is 13.6. The highest BCUT2D eigenvalue weighted by Gasteiger charge is 2.23. The number of hydrogen-bond acceptors (Lipinski definition) is 4. The Bertz CT molecular complexity index is 3320. The first-order valence-corrected chi connectivity index (χ1v) is 22.0. The SMILES string of the molecule is CC(C)(C)c1cc(-c2cc(-c3cccc(-c4cc(-c5cccc6c7ccccc7n(-c7ccc(-c8ccncc8)cc7)c56)ccn4)c3)nc(-c3ccccc3O)c2)cc(C(C)(C)C)c1. The first kappa shape index (κ1) is 40.4. The van der Waals surface area contributed by atoms with Crippen LogP contribution in [0.4, 0.5) is 0 Å². The topological polar surface area (TPSA) is 63.8 Å². The molecule has 0 saturated heterocycles. The van der Waals surface area contributed by atoms with Gasteiger partial charge < -0.3 is 9.67 Å². The van der Waals surface area contributed by atoms with Crippen molar-refractivity contribution in [1.82, 2.24) is 19.5 Å². The van der Waals surface area contributed by atoms with Crippen LogP contribution >= 0.6 is 0 Å². The van der Waals surface area contributed by atoms with Gasteiger partial charge in [-0.3, -0.25) is 9.97 Å². The average Bonchev–Trinajstić information content (AvgIpc) is 3.66. The van der Waals surface area contributed by atoms with Crippen molar-refractivity contribution in [2.75, 3.05) is 0 Å². The van der Waals surface area contributed by atoms with E-state index in [1.807, 2.05) is 48.9 Å². The number of benzene rings is 6. The second kappa shape index (κ2) is 15.9. The molecule has 4 heterocycles. The molecule has 0 aliphatic heterocycles. The Labute approximate surface area is 375 Å². The van der Waals surface area contributed by atoms with Gasteiger partial charge in [0.15, 0.2) is 0 Å². The van der Waals surface area contributed by atoms with E-state index in [9.17, 15) is 5.11 Å². The molecule has 10 rings (SSSR count). The third-order valence-corrected chi connectivity index (χ3v) is 12.4. The summed E-state index contributed by atoms with van der Waals surface area (Å²) in [5.41, 5.74) is 17.5. The average molecular weight is 831 g/mol. The lowest BCUT2D eigenvalue weighted by Crippen LogP contribution is -2.16. The largest absolute Gasteiger partial charge is 0.507 e. The van der Waals surface area contributed by atoms with Crippen LogP contribution in [0, 0.1) is 0 Å². The Hall–Kier alpha value is -7.63. The number of rotatable bonds is 7. The molecule has 5 nitrogen and oxygen atoms in total. The molecule has 0 unspecified atom stereocenters. The van der Waals surface area contributed by atoms with E-state index in [1.54, 1.807) is 6.07 Å². The highest BCUT2D eigenvalue weighted by molar-refractivity contribution is 6.14. The van der Waals surface area contributed by atoms with Gasteiger partial charge in [0, 0.05) is 57.3 Å². The van der Waals surface area contributed by atoms with Gasteiger partial charge in [-0.05, 0) is 123 Å². The van der Waals surface area contributed by atoms with Crippen LogP contribution in [-0.2, 0) is 10.8 Å². The Morgan fingerprint density at radius 3 is 1.73 bits per heavy atom. The summed E-state index contributed by atoms with van der Waals surface area (Å²) >= 11 is 0. The van der Waals surface area contributed by atoms with Crippen LogP contribution in [0.25, 0.3) is 94.6 Å². The van der Waals surface area contributed by atoms with E-state index in [4.69, 9.17) is 9.97 Å². The normalized spacial score (nSPS) is 12.0. The number of hydrogen-bond donors (Lipinski definition) is 1. The number of aromatic hydroxyl groups is 1. The number of nitrogens with zero attached hydrogens (tertiary/aromatic N) is 4. The van der Waals surface area contributed by atoms with Crippen LogP contribution in [-0.4, -0.2) is 24.6 Å². The number of pyridine rings is 3. The van der Waals surface area contributed by atoms with Crippen LogP contribution in [0.15, 0.2) is 188 Å². The molecule has 1 N–H and O–H groups in total. The van der Waals surface area contributed by atoms with Crippen molar-refractivity contribution >= 4 is 21.8 Å². The van der Waals surface area contributed by atoms with E-state index >= 15 is 0 Å². The Kier molecular flexibility index (Phi) is 10.1. The predicted octanol–water partition coefficient (Wildman–Crippen LogP) is 15.3. The van der Waals surface area contributed by atoms with Gasteiger partial charge in [0.05, 0.1) is 28.1 Å². The Morgan fingerprint density at radius 2 is 1.00 bits per heavy atom. The van der Waals surface area contributed by atoms with Gasteiger partial charge in [0.25, 0.3) is 0 Å². The van der Waals surface area contributed by atoms with E-state index in [1.165, 1.54) is 21.9 Å². The maximum atomic E-state index is 11.1. The van der Waals surface area contributed by atoms with Crippen molar-refractivity contribution in [2.24, 2.45) is 0 Å². The van der Waals surface area contributed by atoms with E-state index in [2.05, 4.69) is 185 Å². The first-order valence-electron chi connectivity index (χ1n) is 22.0. The third kappa shape index (κ3) is 7.64. The summed E-state index contributed by atoms with van der Waals surface area (Å²) in [6.07, 6.45) is 5.58. The summed E-state index contributed by atoms with van der Waals surface area (Å²) in [7, 11) is 0. The zero-order valence-electron chi connectivity index (χ0n) is 37.1. The monoisotopic (exact) mass is 830 g/mol. The molecule has 0 bridgehead atoms. The number of phenolic OH excluding ortho intramolecular Hbond substituents is 1. The molecule has 0 saturated carbocycles. The zero-order chi connectivity index (χ0) is 44.2. The minimum atomic E-state index is -0.0449. The molecule has 6 aromatic carbocycles. The van der Waals surface area contributed by atoms with Crippen molar-refractivity contribution in [3.8, 4) is 78.6 Å². The molecule has 0 spiro atoms.